The van der Waals surface area contributed by atoms with Gasteiger partial charge in [-0.05, 0) is 12.8 Å². The molecule has 0 atom stereocenters. The van der Waals surface area contributed by atoms with Gasteiger partial charge in [-0.1, -0.05) is 30.6 Å². The number of nitrogens with zero attached hydrogens (tertiary/aromatic N) is 1. The standard InChI is InChI=1S/C10H16N2OS/c1-13-9-12-7-8(14-9)10(11)5-3-2-4-6-10/h7H,2-6,11H2,1H3. The first-order valence-electron chi connectivity index (χ1n) is 5.04. The topological polar surface area (TPSA) is 48.1 Å². The van der Waals surface area contributed by atoms with Gasteiger partial charge in [0.1, 0.15) is 0 Å². The van der Waals surface area contributed by atoms with E-state index < -0.39 is 0 Å². The minimum atomic E-state index is -0.132. The molecule has 2 N–H and O–H groups in total. The van der Waals surface area contributed by atoms with E-state index in [-0.39, 0.29) is 5.54 Å². The SMILES string of the molecule is COc1ncc(C2(N)CCCCC2)s1. The molecule has 1 saturated carbocycles. The molecular weight excluding hydrogens is 196 g/mol. The first-order valence-corrected chi connectivity index (χ1v) is 5.85. The number of thiazole rings is 1. The fourth-order valence-corrected chi connectivity index (χ4v) is 2.90. The van der Waals surface area contributed by atoms with Gasteiger partial charge >= 0.3 is 0 Å². The van der Waals surface area contributed by atoms with Crippen LogP contribution in [0.3, 0.4) is 0 Å². The van der Waals surface area contributed by atoms with Gasteiger partial charge in [-0.3, -0.25) is 0 Å². The Morgan fingerprint density at radius 3 is 2.71 bits per heavy atom. The van der Waals surface area contributed by atoms with Crippen LogP contribution in [0.2, 0.25) is 0 Å². The molecule has 2 rings (SSSR count). The molecule has 1 fully saturated rings. The number of hydrogen-bond donors (Lipinski definition) is 1. The second-order valence-corrected chi connectivity index (χ2v) is 4.90. The second-order valence-electron chi connectivity index (χ2n) is 3.91. The summed E-state index contributed by atoms with van der Waals surface area (Å²) in [7, 11) is 1.65. The molecule has 1 aliphatic rings. The van der Waals surface area contributed by atoms with E-state index in [9.17, 15) is 0 Å². The molecule has 0 aliphatic heterocycles. The molecule has 0 aromatic carbocycles. The molecule has 78 valence electrons. The van der Waals surface area contributed by atoms with Crippen molar-refractivity contribution < 1.29 is 4.74 Å². The van der Waals surface area contributed by atoms with Gasteiger partial charge in [0.2, 0.25) is 0 Å². The molecule has 1 aromatic rings. The van der Waals surface area contributed by atoms with Crippen LogP contribution in [-0.2, 0) is 5.54 Å². The fraction of sp³-hybridized carbons (Fsp3) is 0.700. The van der Waals surface area contributed by atoms with Crippen molar-refractivity contribution in [2.75, 3.05) is 7.11 Å². The summed E-state index contributed by atoms with van der Waals surface area (Å²) in [5.74, 6) is 0. The summed E-state index contributed by atoms with van der Waals surface area (Å²) in [6.45, 7) is 0. The van der Waals surface area contributed by atoms with Crippen molar-refractivity contribution in [1.29, 1.82) is 0 Å². The van der Waals surface area contributed by atoms with E-state index in [0.717, 1.165) is 18.0 Å². The normalized spacial score (nSPS) is 20.7. The van der Waals surface area contributed by atoms with Crippen LogP contribution in [0.5, 0.6) is 5.19 Å². The van der Waals surface area contributed by atoms with Crippen LogP contribution in [0.15, 0.2) is 6.20 Å². The molecular formula is C10H16N2OS. The van der Waals surface area contributed by atoms with Gasteiger partial charge in [0.05, 0.1) is 12.6 Å². The number of methoxy groups -OCH3 is 1. The molecule has 1 aromatic heterocycles. The van der Waals surface area contributed by atoms with Crippen molar-refractivity contribution in [2.45, 2.75) is 37.6 Å². The predicted molar refractivity (Wildman–Crippen MR) is 57.6 cm³/mol. The van der Waals surface area contributed by atoms with E-state index in [0.29, 0.717) is 0 Å². The Morgan fingerprint density at radius 1 is 1.43 bits per heavy atom. The molecule has 1 heterocycles. The lowest BCUT2D eigenvalue weighted by Gasteiger charge is -2.31. The lowest BCUT2D eigenvalue weighted by atomic mass is 9.82. The highest BCUT2D eigenvalue weighted by Gasteiger charge is 2.31. The minimum Gasteiger partial charge on any atom is -0.473 e. The van der Waals surface area contributed by atoms with Crippen LogP contribution in [-0.4, -0.2) is 12.1 Å². The Balaban J connectivity index is 2.19. The van der Waals surface area contributed by atoms with Crippen molar-refractivity contribution in [1.82, 2.24) is 4.98 Å². The van der Waals surface area contributed by atoms with Crippen LogP contribution >= 0.6 is 11.3 Å². The van der Waals surface area contributed by atoms with Gasteiger partial charge in [0.25, 0.3) is 5.19 Å². The number of nitrogens with two attached hydrogens (primary N) is 1. The van der Waals surface area contributed by atoms with E-state index in [1.165, 1.54) is 24.1 Å². The predicted octanol–water partition coefficient (Wildman–Crippen LogP) is 2.27. The van der Waals surface area contributed by atoms with Crippen molar-refractivity contribution >= 4 is 11.3 Å². The highest BCUT2D eigenvalue weighted by atomic mass is 32.1. The highest BCUT2D eigenvalue weighted by molar-refractivity contribution is 7.13. The van der Waals surface area contributed by atoms with E-state index in [1.54, 1.807) is 18.4 Å². The van der Waals surface area contributed by atoms with Crippen LogP contribution in [0, 0.1) is 0 Å². The Hall–Kier alpha value is -0.610. The highest BCUT2D eigenvalue weighted by Crippen LogP contribution is 2.38. The average Bonchev–Trinajstić information content (AvgIpc) is 2.67. The van der Waals surface area contributed by atoms with Crippen molar-refractivity contribution in [3.63, 3.8) is 0 Å². The molecule has 0 bridgehead atoms. The first kappa shape index (κ1) is 9.93. The fourth-order valence-electron chi connectivity index (χ4n) is 2.01. The molecule has 0 spiro atoms. The molecule has 1 aliphatic carbocycles. The number of hydrogen-bond acceptors (Lipinski definition) is 4. The molecule has 4 heteroatoms. The zero-order valence-electron chi connectivity index (χ0n) is 8.45. The average molecular weight is 212 g/mol. The summed E-state index contributed by atoms with van der Waals surface area (Å²) >= 11 is 1.58. The number of aromatic nitrogens is 1. The third-order valence-corrected chi connectivity index (χ3v) is 4.07. The Morgan fingerprint density at radius 2 is 2.14 bits per heavy atom. The lowest BCUT2D eigenvalue weighted by molar-refractivity contribution is 0.307. The Kier molecular flexibility index (Phi) is 2.74. The summed E-state index contributed by atoms with van der Waals surface area (Å²) in [5.41, 5.74) is 6.23. The minimum absolute atomic E-state index is 0.132. The zero-order chi connectivity index (χ0) is 10.0. The number of ether oxygens (including phenoxy) is 1. The summed E-state index contributed by atoms with van der Waals surface area (Å²) in [4.78, 5) is 5.35. The van der Waals surface area contributed by atoms with E-state index in [2.05, 4.69) is 4.98 Å². The maximum absolute atomic E-state index is 6.36. The monoisotopic (exact) mass is 212 g/mol. The van der Waals surface area contributed by atoms with Crippen molar-refractivity contribution in [2.24, 2.45) is 5.73 Å². The third kappa shape index (κ3) is 1.77. The molecule has 3 nitrogen and oxygen atoms in total. The summed E-state index contributed by atoms with van der Waals surface area (Å²) in [5, 5.41) is 0.718. The summed E-state index contributed by atoms with van der Waals surface area (Å²) < 4.78 is 5.08. The van der Waals surface area contributed by atoms with Gasteiger partial charge in [-0.15, -0.1) is 0 Å². The molecule has 0 radical (unpaired) electrons. The van der Waals surface area contributed by atoms with Crippen molar-refractivity contribution in [3.05, 3.63) is 11.1 Å². The zero-order valence-corrected chi connectivity index (χ0v) is 9.27. The third-order valence-electron chi connectivity index (χ3n) is 2.90. The smallest absolute Gasteiger partial charge is 0.273 e. The van der Waals surface area contributed by atoms with E-state index in [1.807, 2.05) is 6.20 Å². The van der Waals surface area contributed by atoms with Crippen LogP contribution < -0.4 is 10.5 Å². The molecule has 0 unspecified atom stereocenters. The van der Waals surface area contributed by atoms with Crippen LogP contribution in [0.4, 0.5) is 0 Å². The Bertz CT molecular complexity index is 305. The van der Waals surface area contributed by atoms with Crippen LogP contribution in [0.1, 0.15) is 37.0 Å². The first-order chi connectivity index (χ1) is 6.74. The molecule has 0 amide bonds. The molecule has 0 saturated heterocycles. The van der Waals surface area contributed by atoms with Gasteiger partial charge in [-0.25, -0.2) is 4.98 Å². The lowest BCUT2D eigenvalue weighted by Crippen LogP contribution is -2.37. The van der Waals surface area contributed by atoms with Gasteiger partial charge in [-0.2, -0.15) is 0 Å². The molecule has 14 heavy (non-hydrogen) atoms. The Labute approximate surface area is 88.3 Å². The van der Waals surface area contributed by atoms with Gasteiger partial charge in [0, 0.05) is 11.1 Å². The van der Waals surface area contributed by atoms with E-state index in [4.69, 9.17) is 10.5 Å². The maximum atomic E-state index is 6.36. The van der Waals surface area contributed by atoms with E-state index >= 15 is 0 Å². The quantitative estimate of drug-likeness (QED) is 0.818. The number of rotatable bonds is 2. The second kappa shape index (κ2) is 3.87. The van der Waals surface area contributed by atoms with Gasteiger partial charge < -0.3 is 10.5 Å². The maximum Gasteiger partial charge on any atom is 0.273 e. The van der Waals surface area contributed by atoms with Crippen molar-refractivity contribution in [3.8, 4) is 5.19 Å². The van der Waals surface area contributed by atoms with Gasteiger partial charge in [0.15, 0.2) is 0 Å². The largest absolute Gasteiger partial charge is 0.473 e. The summed E-state index contributed by atoms with van der Waals surface area (Å²) in [6.07, 6.45) is 7.81. The van der Waals surface area contributed by atoms with Crippen LogP contribution in [0.25, 0.3) is 0 Å². The summed E-state index contributed by atoms with van der Waals surface area (Å²) in [6, 6.07) is 0.